The third-order valence-corrected chi connectivity index (χ3v) is 2.88. The van der Waals surface area contributed by atoms with Crippen LogP contribution in [-0.2, 0) is 6.42 Å². The highest BCUT2D eigenvalue weighted by Gasteiger charge is 2.18. The van der Waals surface area contributed by atoms with Crippen molar-refractivity contribution in [3.8, 4) is 11.5 Å². The quantitative estimate of drug-likeness (QED) is 0.614. The Morgan fingerprint density at radius 2 is 1.57 bits per heavy atom. The van der Waals surface area contributed by atoms with Gasteiger partial charge in [0.1, 0.15) is 11.5 Å². The Morgan fingerprint density at radius 3 is 2.10 bits per heavy atom. The van der Waals surface area contributed by atoms with E-state index in [0.717, 1.165) is 11.6 Å². The van der Waals surface area contributed by atoms with Crippen molar-refractivity contribution < 1.29 is 14.6 Å². The second-order valence-electron chi connectivity index (χ2n) is 4.26. The molecule has 7 nitrogen and oxygen atoms in total. The molecule has 0 fully saturated rings. The van der Waals surface area contributed by atoms with Crippen molar-refractivity contribution in [3.05, 3.63) is 68.3 Å². The van der Waals surface area contributed by atoms with Crippen LogP contribution in [0.3, 0.4) is 0 Å². The van der Waals surface area contributed by atoms with E-state index in [1.54, 1.807) is 12.1 Å². The Labute approximate surface area is 120 Å². The van der Waals surface area contributed by atoms with Gasteiger partial charge in [-0.1, -0.05) is 25.1 Å². The lowest BCUT2D eigenvalue weighted by atomic mass is 10.1. The lowest BCUT2D eigenvalue weighted by molar-refractivity contribution is -0.394. The average Bonchev–Trinajstić information content (AvgIpc) is 2.47. The molecule has 21 heavy (non-hydrogen) atoms. The second-order valence-corrected chi connectivity index (χ2v) is 4.26. The van der Waals surface area contributed by atoms with Gasteiger partial charge in [-0.2, -0.15) is 0 Å². The molecule has 0 N–H and O–H groups in total. The summed E-state index contributed by atoms with van der Waals surface area (Å²) in [6.07, 6.45) is 0.715. The Morgan fingerprint density at radius 1 is 1.00 bits per heavy atom. The van der Waals surface area contributed by atoms with E-state index in [4.69, 9.17) is 4.74 Å². The molecule has 108 valence electrons. The number of hydrogen-bond donors (Lipinski definition) is 0. The molecule has 0 aliphatic rings. The van der Waals surface area contributed by atoms with Crippen LogP contribution in [0.5, 0.6) is 11.5 Å². The van der Waals surface area contributed by atoms with Gasteiger partial charge in [0.05, 0.1) is 28.0 Å². The van der Waals surface area contributed by atoms with Crippen molar-refractivity contribution in [1.29, 1.82) is 0 Å². The van der Waals surface area contributed by atoms with Gasteiger partial charge in [-0.3, -0.25) is 20.2 Å². The molecule has 0 bridgehead atoms. The number of nitrogens with zero attached hydrogens (tertiary/aromatic N) is 2. The van der Waals surface area contributed by atoms with Crippen LogP contribution in [0.25, 0.3) is 0 Å². The molecule has 2 aromatic rings. The zero-order chi connectivity index (χ0) is 15.4. The molecule has 0 spiro atoms. The summed E-state index contributed by atoms with van der Waals surface area (Å²) in [5, 5.41) is 21.7. The molecular weight excluding hydrogens is 276 g/mol. The first-order valence-electron chi connectivity index (χ1n) is 6.21. The van der Waals surface area contributed by atoms with Gasteiger partial charge in [0.15, 0.2) is 0 Å². The van der Waals surface area contributed by atoms with Crippen molar-refractivity contribution in [2.24, 2.45) is 0 Å². The molecule has 0 heterocycles. The van der Waals surface area contributed by atoms with Crippen molar-refractivity contribution in [1.82, 2.24) is 0 Å². The fourth-order valence-electron chi connectivity index (χ4n) is 1.86. The van der Waals surface area contributed by atoms with Gasteiger partial charge in [-0.15, -0.1) is 0 Å². The number of ether oxygens (including phenoxy) is 1. The third kappa shape index (κ3) is 3.33. The predicted molar refractivity (Wildman–Crippen MR) is 75.6 cm³/mol. The summed E-state index contributed by atoms with van der Waals surface area (Å²) in [5.74, 6) is 0.589. The monoisotopic (exact) mass is 288 g/mol. The van der Waals surface area contributed by atoms with Crippen LogP contribution in [0.2, 0.25) is 0 Å². The average molecular weight is 288 g/mol. The minimum atomic E-state index is -0.689. The Kier molecular flexibility index (Phi) is 4.13. The molecule has 7 heteroatoms. The normalized spacial score (nSPS) is 10.1. The molecule has 0 aromatic heterocycles. The Balaban J connectivity index is 2.43. The first-order valence-corrected chi connectivity index (χ1v) is 6.21. The SMILES string of the molecule is CCc1ccccc1Oc1cc([N+](=O)[O-])cc([N+](=O)[O-])c1. The molecule has 2 rings (SSSR count). The number of nitro benzene ring substituents is 2. The van der Waals surface area contributed by atoms with E-state index < -0.39 is 9.85 Å². The number of benzene rings is 2. The molecule has 0 saturated heterocycles. The first-order chi connectivity index (χ1) is 10.0. The smallest absolute Gasteiger partial charge is 0.280 e. The lowest BCUT2D eigenvalue weighted by Gasteiger charge is -2.09. The van der Waals surface area contributed by atoms with Gasteiger partial charge in [-0.25, -0.2) is 0 Å². The molecule has 0 radical (unpaired) electrons. The molecule has 0 unspecified atom stereocenters. The maximum absolute atomic E-state index is 10.8. The van der Waals surface area contributed by atoms with Crippen LogP contribution in [-0.4, -0.2) is 9.85 Å². The molecule has 0 atom stereocenters. The van der Waals surface area contributed by atoms with Crippen LogP contribution in [0.15, 0.2) is 42.5 Å². The maximum atomic E-state index is 10.8. The standard InChI is InChI=1S/C14H12N2O5/c1-2-10-5-3-4-6-14(10)21-13-8-11(15(17)18)7-12(9-13)16(19)20/h3-9H,2H2,1H3. The Hall–Kier alpha value is -2.96. The highest BCUT2D eigenvalue weighted by atomic mass is 16.6. The number of nitro groups is 2. The third-order valence-electron chi connectivity index (χ3n) is 2.88. The van der Waals surface area contributed by atoms with Gasteiger partial charge >= 0.3 is 0 Å². The number of rotatable bonds is 5. The van der Waals surface area contributed by atoms with Crippen LogP contribution in [0.4, 0.5) is 11.4 Å². The molecule has 0 amide bonds. The summed E-state index contributed by atoms with van der Waals surface area (Å²) in [4.78, 5) is 20.3. The minimum Gasteiger partial charge on any atom is -0.457 e. The maximum Gasteiger partial charge on any atom is 0.280 e. The van der Waals surface area contributed by atoms with Crippen molar-refractivity contribution >= 4 is 11.4 Å². The van der Waals surface area contributed by atoms with E-state index in [0.29, 0.717) is 12.2 Å². The number of hydrogen-bond acceptors (Lipinski definition) is 5. The fourth-order valence-corrected chi connectivity index (χ4v) is 1.86. The van der Waals surface area contributed by atoms with E-state index in [2.05, 4.69) is 0 Å². The summed E-state index contributed by atoms with van der Waals surface area (Å²) >= 11 is 0. The van der Waals surface area contributed by atoms with Crippen molar-refractivity contribution in [3.63, 3.8) is 0 Å². The second kappa shape index (κ2) is 6.00. The van der Waals surface area contributed by atoms with Gasteiger partial charge in [-0.05, 0) is 18.1 Å². The zero-order valence-electron chi connectivity index (χ0n) is 11.2. The zero-order valence-corrected chi connectivity index (χ0v) is 11.2. The van der Waals surface area contributed by atoms with Gasteiger partial charge in [0.25, 0.3) is 11.4 Å². The molecule has 2 aromatic carbocycles. The first kappa shape index (κ1) is 14.4. The molecular formula is C14H12N2O5. The highest BCUT2D eigenvalue weighted by Crippen LogP contribution is 2.32. The largest absolute Gasteiger partial charge is 0.457 e. The predicted octanol–water partition coefficient (Wildman–Crippen LogP) is 3.86. The summed E-state index contributed by atoms with van der Waals surface area (Å²) in [6.45, 7) is 1.94. The van der Waals surface area contributed by atoms with Gasteiger partial charge in [0.2, 0.25) is 0 Å². The van der Waals surface area contributed by atoms with Gasteiger partial charge < -0.3 is 4.74 Å². The van der Waals surface area contributed by atoms with Crippen molar-refractivity contribution in [2.75, 3.05) is 0 Å². The van der Waals surface area contributed by atoms with Gasteiger partial charge in [0, 0.05) is 0 Å². The van der Waals surface area contributed by atoms with E-state index >= 15 is 0 Å². The summed E-state index contributed by atoms with van der Waals surface area (Å²) in [7, 11) is 0. The van der Waals surface area contributed by atoms with Crippen LogP contribution < -0.4 is 4.74 Å². The summed E-state index contributed by atoms with van der Waals surface area (Å²) < 4.78 is 5.57. The van der Waals surface area contributed by atoms with E-state index in [9.17, 15) is 20.2 Å². The van der Waals surface area contributed by atoms with E-state index in [-0.39, 0.29) is 17.1 Å². The van der Waals surface area contributed by atoms with Crippen LogP contribution in [0.1, 0.15) is 12.5 Å². The van der Waals surface area contributed by atoms with E-state index in [1.165, 1.54) is 12.1 Å². The lowest BCUT2D eigenvalue weighted by Crippen LogP contribution is -1.95. The van der Waals surface area contributed by atoms with Crippen LogP contribution in [0, 0.1) is 20.2 Å². The molecule has 0 saturated carbocycles. The fraction of sp³-hybridized carbons (Fsp3) is 0.143. The number of non-ortho nitro benzene ring substituents is 2. The number of aryl methyl sites for hydroxylation is 1. The topological polar surface area (TPSA) is 95.5 Å². The summed E-state index contributed by atoms with van der Waals surface area (Å²) in [6, 6.07) is 10.4. The minimum absolute atomic E-state index is 0.0665. The Bertz CT molecular complexity index is 667. The van der Waals surface area contributed by atoms with E-state index in [1.807, 2.05) is 19.1 Å². The highest BCUT2D eigenvalue weighted by molar-refractivity contribution is 5.51. The summed E-state index contributed by atoms with van der Waals surface area (Å²) in [5.41, 5.74) is 0.146. The van der Waals surface area contributed by atoms with Crippen LogP contribution >= 0.6 is 0 Å². The molecule has 0 aliphatic heterocycles. The van der Waals surface area contributed by atoms with Crippen molar-refractivity contribution in [2.45, 2.75) is 13.3 Å². The number of para-hydroxylation sites is 1. The molecule has 0 aliphatic carbocycles.